The van der Waals surface area contributed by atoms with Crippen LogP contribution in [0.25, 0.3) is 0 Å². The van der Waals surface area contributed by atoms with Gasteiger partial charge in [-0.2, -0.15) is 0 Å². The van der Waals surface area contributed by atoms with Crippen molar-refractivity contribution >= 4 is 34.8 Å². The molecule has 3 aromatic rings. The van der Waals surface area contributed by atoms with E-state index in [1.807, 2.05) is 56.2 Å². The van der Waals surface area contributed by atoms with Gasteiger partial charge in [0.1, 0.15) is 0 Å². The summed E-state index contributed by atoms with van der Waals surface area (Å²) in [5, 5.41) is 3.30. The number of benzene rings is 2. The van der Waals surface area contributed by atoms with Crippen LogP contribution in [0.3, 0.4) is 0 Å². The van der Waals surface area contributed by atoms with E-state index >= 15 is 0 Å². The second kappa shape index (κ2) is 11.0. The molecule has 0 spiro atoms. The van der Waals surface area contributed by atoms with Gasteiger partial charge in [-0.05, 0) is 62.1 Å². The van der Waals surface area contributed by atoms with Gasteiger partial charge in [-0.1, -0.05) is 23.7 Å². The summed E-state index contributed by atoms with van der Waals surface area (Å²) >= 11 is 6.17. The molecule has 7 nitrogen and oxygen atoms in total. The van der Waals surface area contributed by atoms with Crippen LogP contribution in [0, 0.1) is 0 Å². The number of halogens is 1. The fourth-order valence-electron chi connectivity index (χ4n) is 3.40. The molecular formula is C25H29ClN4O3. The molecule has 0 aliphatic heterocycles. The molecule has 8 heteroatoms. The number of furan rings is 1. The lowest BCUT2D eigenvalue weighted by atomic mass is 10.1. The summed E-state index contributed by atoms with van der Waals surface area (Å²) in [7, 11) is 7.82. The molecule has 0 bridgehead atoms. The molecule has 33 heavy (non-hydrogen) atoms. The summed E-state index contributed by atoms with van der Waals surface area (Å²) < 4.78 is 5.35. The van der Waals surface area contributed by atoms with Crippen LogP contribution >= 0.6 is 11.6 Å². The molecule has 0 aliphatic carbocycles. The van der Waals surface area contributed by atoms with Gasteiger partial charge >= 0.3 is 0 Å². The highest BCUT2D eigenvalue weighted by Gasteiger charge is 2.21. The number of rotatable bonds is 9. The maximum absolute atomic E-state index is 13.1. The maximum atomic E-state index is 13.1. The maximum Gasteiger partial charge on any atom is 0.289 e. The van der Waals surface area contributed by atoms with Gasteiger partial charge in [-0.3, -0.25) is 9.59 Å². The van der Waals surface area contributed by atoms with Crippen LogP contribution in [-0.2, 0) is 6.54 Å². The number of carbonyl (C=O) groups excluding carboxylic acids is 2. The molecule has 0 saturated heterocycles. The second-order valence-electron chi connectivity index (χ2n) is 8.18. The largest absolute Gasteiger partial charge is 0.459 e. The Morgan fingerprint density at radius 1 is 0.970 bits per heavy atom. The zero-order valence-corrected chi connectivity index (χ0v) is 20.1. The van der Waals surface area contributed by atoms with Crippen molar-refractivity contribution in [3.05, 3.63) is 82.8 Å². The average molecular weight is 469 g/mol. The van der Waals surface area contributed by atoms with Crippen molar-refractivity contribution in [3.8, 4) is 0 Å². The van der Waals surface area contributed by atoms with E-state index in [1.54, 1.807) is 41.3 Å². The van der Waals surface area contributed by atoms with Crippen LogP contribution in [0.4, 0.5) is 11.4 Å². The third-order valence-electron chi connectivity index (χ3n) is 5.14. The van der Waals surface area contributed by atoms with E-state index in [2.05, 4.69) is 5.32 Å². The number of anilines is 2. The molecule has 3 rings (SSSR count). The number of nitrogens with zero attached hydrogens (tertiary/aromatic N) is 3. The molecule has 0 aliphatic rings. The monoisotopic (exact) mass is 468 g/mol. The molecule has 0 saturated carbocycles. The van der Waals surface area contributed by atoms with E-state index < -0.39 is 0 Å². The highest BCUT2D eigenvalue weighted by Crippen LogP contribution is 2.26. The van der Waals surface area contributed by atoms with Crippen molar-refractivity contribution < 1.29 is 14.0 Å². The highest BCUT2D eigenvalue weighted by molar-refractivity contribution is 6.34. The molecule has 1 heterocycles. The summed E-state index contributed by atoms with van der Waals surface area (Å²) in [6, 6.07) is 15.9. The summed E-state index contributed by atoms with van der Waals surface area (Å²) in [5.41, 5.74) is 2.87. The lowest BCUT2D eigenvalue weighted by molar-refractivity contribution is 0.0700. The van der Waals surface area contributed by atoms with E-state index in [0.717, 1.165) is 11.3 Å². The van der Waals surface area contributed by atoms with Crippen molar-refractivity contribution in [1.29, 1.82) is 0 Å². The normalized spacial score (nSPS) is 10.8. The van der Waals surface area contributed by atoms with E-state index in [1.165, 1.54) is 6.26 Å². The minimum atomic E-state index is -0.291. The van der Waals surface area contributed by atoms with Crippen molar-refractivity contribution in [2.45, 2.75) is 6.54 Å². The van der Waals surface area contributed by atoms with Crippen LogP contribution in [0.5, 0.6) is 0 Å². The number of hydrogen-bond donors (Lipinski definition) is 1. The Morgan fingerprint density at radius 3 is 2.36 bits per heavy atom. The first-order chi connectivity index (χ1) is 15.8. The van der Waals surface area contributed by atoms with Crippen molar-refractivity contribution in [1.82, 2.24) is 9.80 Å². The molecule has 0 unspecified atom stereocenters. The predicted molar refractivity (Wildman–Crippen MR) is 132 cm³/mol. The smallest absolute Gasteiger partial charge is 0.289 e. The van der Waals surface area contributed by atoms with Crippen LogP contribution in [0.1, 0.15) is 26.5 Å². The number of amides is 2. The standard InChI is InChI=1S/C25H29ClN4O3/c1-28(2)13-14-30(25(32)23-10-7-15-33-23)17-18-16-19(11-12-22(18)29(3)4)27-24(31)20-8-5-6-9-21(20)26/h5-12,15-16H,13-14,17H2,1-4H3,(H,27,31). The summed E-state index contributed by atoms with van der Waals surface area (Å²) in [4.78, 5) is 31.6. The predicted octanol–water partition coefficient (Wildman–Crippen LogP) is 4.46. The first-order valence-corrected chi connectivity index (χ1v) is 11.0. The molecule has 0 fully saturated rings. The van der Waals surface area contributed by atoms with Crippen LogP contribution in [-0.4, -0.2) is 62.9 Å². The van der Waals surface area contributed by atoms with Gasteiger partial charge in [0.05, 0.1) is 16.8 Å². The fourth-order valence-corrected chi connectivity index (χ4v) is 3.63. The molecule has 2 amide bonds. The van der Waals surface area contributed by atoms with E-state index in [4.69, 9.17) is 16.0 Å². The quantitative estimate of drug-likeness (QED) is 0.502. The highest BCUT2D eigenvalue weighted by atomic mass is 35.5. The number of likely N-dealkylation sites (N-methyl/N-ethyl adjacent to an activating group) is 1. The first-order valence-electron chi connectivity index (χ1n) is 10.6. The Kier molecular flexibility index (Phi) is 8.14. The van der Waals surface area contributed by atoms with E-state index in [0.29, 0.717) is 41.7 Å². The molecule has 1 aromatic heterocycles. The second-order valence-corrected chi connectivity index (χ2v) is 8.59. The Balaban J connectivity index is 1.89. The van der Waals surface area contributed by atoms with Gasteiger partial charge in [0.15, 0.2) is 5.76 Å². The Bertz CT molecular complexity index is 1100. The summed E-state index contributed by atoms with van der Waals surface area (Å²) in [5.74, 6) is -0.180. The van der Waals surface area contributed by atoms with Crippen LogP contribution in [0.2, 0.25) is 5.02 Å². The average Bonchev–Trinajstić information content (AvgIpc) is 3.31. The molecule has 174 valence electrons. The van der Waals surface area contributed by atoms with Crippen LogP contribution in [0.15, 0.2) is 65.3 Å². The number of carbonyl (C=O) groups is 2. The summed E-state index contributed by atoms with van der Waals surface area (Å²) in [6.07, 6.45) is 1.49. The molecule has 1 N–H and O–H groups in total. The van der Waals surface area contributed by atoms with Crippen molar-refractivity contribution in [3.63, 3.8) is 0 Å². The zero-order chi connectivity index (χ0) is 24.0. The minimum Gasteiger partial charge on any atom is -0.459 e. The SMILES string of the molecule is CN(C)CCN(Cc1cc(NC(=O)c2ccccc2Cl)ccc1N(C)C)C(=O)c1ccco1. The van der Waals surface area contributed by atoms with Gasteiger partial charge < -0.3 is 24.4 Å². The molecule has 2 aromatic carbocycles. The first kappa shape index (κ1) is 24.4. The van der Waals surface area contributed by atoms with Crippen molar-refractivity contribution in [2.75, 3.05) is 51.5 Å². The lowest BCUT2D eigenvalue weighted by Gasteiger charge is -2.27. The molecule has 0 radical (unpaired) electrons. The van der Waals surface area contributed by atoms with Gasteiger partial charge in [-0.15, -0.1) is 0 Å². The Hall–Kier alpha value is -3.29. The zero-order valence-electron chi connectivity index (χ0n) is 19.3. The molecular weight excluding hydrogens is 440 g/mol. The minimum absolute atomic E-state index is 0.183. The topological polar surface area (TPSA) is 69.0 Å². The Labute approximate surface area is 199 Å². The van der Waals surface area contributed by atoms with E-state index in [-0.39, 0.29) is 11.8 Å². The van der Waals surface area contributed by atoms with E-state index in [9.17, 15) is 9.59 Å². The van der Waals surface area contributed by atoms with Gasteiger partial charge in [-0.25, -0.2) is 0 Å². The Morgan fingerprint density at radius 2 is 1.73 bits per heavy atom. The van der Waals surface area contributed by atoms with Gasteiger partial charge in [0.2, 0.25) is 0 Å². The number of nitrogens with one attached hydrogen (secondary N) is 1. The van der Waals surface area contributed by atoms with Crippen LogP contribution < -0.4 is 10.2 Å². The van der Waals surface area contributed by atoms with Crippen molar-refractivity contribution in [2.24, 2.45) is 0 Å². The third-order valence-corrected chi connectivity index (χ3v) is 5.46. The van der Waals surface area contributed by atoms with Gasteiger partial charge in [0, 0.05) is 45.1 Å². The fraction of sp³-hybridized carbons (Fsp3) is 0.280. The van der Waals surface area contributed by atoms with Gasteiger partial charge in [0.25, 0.3) is 11.8 Å². The summed E-state index contributed by atoms with van der Waals surface area (Å²) in [6.45, 7) is 1.58. The molecule has 0 atom stereocenters. The number of hydrogen-bond acceptors (Lipinski definition) is 5. The lowest BCUT2D eigenvalue weighted by Crippen LogP contribution is -2.36. The third kappa shape index (κ3) is 6.37.